The van der Waals surface area contributed by atoms with Gasteiger partial charge in [-0.2, -0.15) is 0 Å². The topological polar surface area (TPSA) is 3.24 Å². The molecule has 0 N–H and O–H groups in total. The summed E-state index contributed by atoms with van der Waals surface area (Å²) in [7, 11) is 0. The van der Waals surface area contributed by atoms with Gasteiger partial charge in [-0.25, -0.2) is 0 Å². The lowest BCUT2D eigenvalue weighted by Gasteiger charge is -2.47. The molecule has 106 valence electrons. The number of hydrogen-bond acceptors (Lipinski definition) is 1. The Morgan fingerprint density at radius 3 is 2.00 bits per heavy atom. The molecule has 2 aliphatic rings. The Balaban J connectivity index is 1.82. The van der Waals surface area contributed by atoms with Crippen molar-refractivity contribution < 1.29 is 0 Å². The van der Waals surface area contributed by atoms with Crippen LogP contribution in [-0.4, -0.2) is 24.0 Å². The average Bonchev–Trinajstić information content (AvgIpc) is 2.39. The second-order valence-electron chi connectivity index (χ2n) is 7.35. The van der Waals surface area contributed by atoms with Crippen molar-refractivity contribution in [2.75, 3.05) is 13.1 Å². The first kappa shape index (κ1) is 14.4. The van der Waals surface area contributed by atoms with Crippen molar-refractivity contribution in [1.82, 2.24) is 4.90 Å². The van der Waals surface area contributed by atoms with E-state index in [0.29, 0.717) is 0 Å². The summed E-state index contributed by atoms with van der Waals surface area (Å²) >= 11 is 0. The Bertz CT molecular complexity index is 240. The van der Waals surface area contributed by atoms with E-state index in [2.05, 4.69) is 32.6 Å². The Morgan fingerprint density at radius 1 is 1.00 bits per heavy atom. The molecule has 0 bridgehead atoms. The van der Waals surface area contributed by atoms with Crippen LogP contribution < -0.4 is 0 Å². The molecule has 1 atom stereocenters. The van der Waals surface area contributed by atoms with Crippen LogP contribution in [0.15, 0.2) is 0 Å². The van der Waals surface area contributed by atoms with E-state index < -0.39 is 0 Å². The van der Waals surface area contributed by atoms with E-state index in [0.717, 1.165) is 23.3 Å². The normalized spacial score (nSPS) is 27.8. The van der Waals surface area contributed by atoms with Crippen molar-refractivity contribution in [2.24, 2.45) is 17.3 Å². The van der Waals surface area contributed by atoms with Crippen molar-refractivity contribution in [3.63, 3.8) is 0 Å². The molecule has 0 aromatic heterocycles. The predicted molar refractivity (Wildman–Crippen MR) is 79.8 cm³/mol. The van der Waals surface area contributed by atoms with Gasteiger partial charge < -0.3 is 4.90 Å². The lowest BCUT2D eigenvalue weighted by molar-refractivity contribution is 0.0311. The molecule has 2 rings (SSSR count). The fourth-order valence-electron chi connectivity index (χ4n) is 4.17. The van der Waals surface area contributed by atoms with Crippen LogP contribution in [0, 0.1) is 17.3 Å². The van der Waals surface area contributed by atoms with Gasteiger partial charge in [-0.1, -0.05) is 20.3 Å². The van der Waals surface area contributed by atoms with Crippen LogP contribution in [0.5, 0.6) is 0 Å². The van der Waals surface area contributed by atoms with Crippen LogP contribution in [-0.2, 0) is 0 Å². The summed E-state index contributed by atoms with van der Waals surface area (Å²) in [6.45, 7) is 12.2. The summed E-state index contributed by atoms with van der Waals surface area (Å²) in [6, 6.07) is 0.749. The van der Waals surface area contributed by atoms with Crippen LogP contribution in [0.1, 0.15) is 72.6 Å². The van der Waals surface area contributed by atoms with Crippen LogP contribution in [0.4, 0.5) is 0 Å². The minimum absolute atomic E-state index is 0.745. The molecule has 0 amide bonds. The fourth-order valence-corrected chi connectivity index (χ4v) is 4.17. The van der Waals surface area contributed by atoms with Gasteiger partial charge in [0.15, 0.2) is 0 Å². The maximum atomic E-state index is 2.67. The molecule has 2 fully saturated rings. The van der Waals surface area contributed by atoms with Crippen molar-refractivity contribution in [3.05, 3.63) is 0 Å². The lowest BCUT2D eigenvalue weighted by atomic mass is 9.63. The van der Waals surface area contributed by atoms with Crippen molar-refractivity contribution >= 4 is 0 Å². The van der Waals surface area contributed by atoms with Gasteiger partial charge in [-0.15, -0.1) is 0 Å². The molecule has 1 spiro atoms. The monoisotopic (exact) mass is 251 g/mol. The van der Waals surface area contributed by atoms with E-state index in [9.17, 15) is 0 Å². The zero-order valence-electron chi connectivity index (χ0n) is 13.0. The quantitative estimate of drug-likeness (QED) is 0.702. The predicted octanol–water partition coefficient (Wildman–Crippen LogP) is 4.71. The molecule has 0 radical (unpaired) electrons. The van der Waals surface area contributed by atoms with Crippen LogP contribution >= 0.6 is 0 Å². The molecule has 18 heavy (non-hydrogen) atoms. The smallest absolute Gasteiger partial charge is 0.00385 e. The summed E-state index contributed by atoms with van der Waals surface area (Å²) in [5.74, 6) is 1.99. The summed E-state index contributed by atoms with van der Waals surface area (Å²) in [5.41, 5.74) is 0.745. The highest BCUT2D eigenvalue weighted by Gasteiger charge is 2.38. The minimum atomic E-state index is 0.745. The molecule has 1 heterocycles. The van der Waals surface area contributed by atoms with E-state index in [1.165, 1.54) is 58.0 Å². The van der Waals surface area contributed by atoms with E-state index in [1.54, 1.807) is 0 Å². The van der Waals surface area contributed by atoms with Crippen molar-refractivity contribution in [3.8, 4) is 0 Å². The largest absolute Gasteiger partial charge is 0.301 e. The SMILES string of the molecule is CCC(C)C1CCC2(CC1)CCN(C(C)C)CC2. The van der Waals surface area contributed by atoms with Gasteiger partial charge in [0.05, 0.1) is 0 Å². The molecule has 1 saturated heterocycles. The highest BCUT2D eigenvalue weighted by molar-refractivity contribution is 4.91. The number of likely N-dealkylation sites (tertiary alicyclic amines) is 1. The van der Waals surface area contributed by atoms with Gasteiger partial charge in [0, 0.05) is 6.04 Å². The highest BCUT2D eigenvalue weighted by Crippen LogP contribution is 2.48. The molecular formula is C17H33N. The van der Waals surface area contributed by atoms with Gasteiger partial charge in [0.25, 0.3) is 0 Å². The van der Waals surface area contributed by atoms with E-state index >= 15 is 0 Å². The van der Waals surface area contributed by atoms with E-state index in [4.69, 9.17) is 0 Å². The molecule has 1 saturated carbocycles. The second-order valence-corrected chi connectivity index (χ2v) is 7.35. The second kappa shape index (κ2) is 5.94. The third kappa shape index (κ3) is 3.10. The number of piperidine rings is 1. The average molecular weight is 251 g/mol. The summed E-state index contributed by atoms with van der Waals surface area (Å²) in [6.07, 6.45) is 10.4. The van der Waals surface area contributed by atoms with Gasteiger partial charge in [0.2, 0.25) is 0 Å². The third-order valence-electron chi connectivity index (χ3n) is 6.13. The Morgan fingerprint density at radius 2 is 1.56 bits per heavy atom. The first-order valence-corrected chi connectivity index (χ1v) is 8.30. The van der Waals surface area contributed by atoms with Crippen LogP contribution in [0.25, 0.3) is 0 Å². The van der Waals surface area contributed by atoms with Crippen LogP contribution in [0.3, 0.4) is 0 Å². The highest BCUT2D eigenvalue weighted by atomic mass is 15.2. The van der Waals surface area contributed by atoms with E-state index in [1.807, 2.05) is 0 Å². The molecule has 1 unspecified atom stereocenters. The summed E-state index contributed by atoms with van der Waals surface area (Å²) < 4.78 is 0. The minimum Gasteiger partial charge on any atom is -0.301 e. The van der Waals surface area contributed by atoms with Crippen molar-refractivity contribution in [1.29, 1.82) is 0 Å². The van der Waals surface area contributed by atoms with Gasteiger partial charge in [-0.3, -0.25) is 0 Å². The molecule has 0 aromatic carbocycles. The molecule has 1 nitrogen and oxygen atoms in total. The fraction of sp³-hybridized carbons (Fsp3) is 1.00. The summed E-state index contributed by atoms with van der Waals surface area (Å²) in [4.78, 5) is 2.67. The molecular weight excluding hydrogens is 218 g/mol. The number of rotatable bonds is 3. The Kier molecular flexibility index (Phi) is 4.75. The number of hydrogen-bond donors (Lipinski definition) is 0. The third-order valence-corrected chi connectivity index (χ3v) is 6.13. The maximum absolute atomic E-state index is 2.67. The molecule has 1 heteroatoms. The van der Waals surface area contributed by atoms with E-state index in [-0.39, 0.29) is 0 Å². The molecule has 0 aromatic rings. The van der Waals surface area contributed by atoms with Gasteiger partial charge in [-0.05, 0) is 82.7 Å². The maximum Gasteiger partial charge on any atom is 0.00385 e. The first-order valence-electron chi connectivity index (χ1n) is 8.30. The lowest BCUT2D eigenvalue weighted by Crippen LogP contribution is -2.44. The Labute approximate surface area is 114 Å². The van der Waals surface area contributed by atoms with Crippen molar-refractivity contribution in [2.45, 2.75) is 78.7 Å². The molecule has 1 aliphatic carbocycles. The number of nitrogens with zero attached hydrogens (tertiary/aromatic N) is 1. The van der Waals surface area contributed by atoms with Gasteiger partial charge >= 0.3 is 0 Å². The Hall–Kier alpha value is -0.0400. The zero-order valence-corrected chi connectivity index (χ0v) is 13.0. The zero-order chi connectivity index (χ0) is 13.2. The van der Waals surface area contributed by atoms with Gasteiger partial charge in [0.1, 0.15) is 0 Å². The van der Waals surface area contributed by atoms with Crippen LogP contribution in [0.2, 0.25) is 0 Å². The summed E-state index contributed by atoms with van der Waals surface area (Å²) in [5, 5.41) is 0. The molecule has 1 aliphatic heterocycles. The standard InChI is InChI=1S/C17H33N/c1-5-15(4)16-6-8-17(9-7-16)10-12-18(13-11-17)14(2)3/h14-16H,5-13H2,1-4H3. The first-order chi connectivity index (χ1) is 8.56.